The van der Waals surface area contributed by atoms with Gasteiger partial charge in [-0.25, -0.2) is 4.68 Å². The minimum atomic E-state index is 0.358. The minimum Gasteiger partial charge on any atom is -0.247 e. The summed E-state index contributed by atoms with van der Waals surface area (Å²) in [4.78, 5) is 0. The molecule has 0 aromatic carbocycles. The smallest absolute Gasteiger partial charge is 0.101 e. The lowest BCUT2D eigenvalue weighted by Gasteiger charge is -2.11. The zero-order valence-corrected chi connectivity index (χ0v) is 10.8. The molecule has 0 saturated heterocycles. The second-order valence-corrected chi connectivity index (χ2v) is 4.85. The van der Waals surface area contributed by atoms with Crippen LogP contribution in [0.3, 0.4) is 0 Å². The Bertz CT molecular complexity index is 305. The minimum absolute atomic E-state index is 0.358. The van der Waals surface area contributed by atoms with Crippen LogP contribution in [0.2, 0.25) is 0 Å². The molecule has 15 heavy (non-hydrogen) atoms. The van der Waals surface area contributed by atoms with Crippen molar-refractivity contribution in [3.8, 4) is 0 Å². The quantitative estimate of drug-likeness (QED) is 0.726. The van der Waals surface area contributed by atoms with Crippen LogP contribution in [0.15, 0.2) is 0 Å². The van der Waals surface area contributed by atoms with E-state index in [1.165, 1.54) is 5.69 Å². The molecular weight excluding hydrogens is 210 g/mol. The van der Waals surface area contributed by atoms with Gasteiger partial charge in [0.2, 0.25) is 0 Å². The topological polar surface area (TPSA) is 30.7 Å². The number of aromatic nitrogens is 3. The summed E-state index contributed by atoms with van der Waals surface area (Å²) in [5, 5.41) is 8.26. The summed E-state index contributed by atoms with van der Waals surface area (Å²) >= 11 is 5.85. The third-order valence-corrected chi connectivity index (χ3v) is 2.70. The number of halogens is 1. The summed E-state index contributed by atoms with van der Waals surface area (Å²) in [5.41, 5.74) is 2.14. The van der Waals surface area contributed by atoms with Crippen LogP contribution in [0.5, 0.6) is 0 Å². The Kier molecular flexibility index (Phi) is 4.58. The van der Waals surface area contributed by atoms with Crippen LogP contribution in [0, 0.1) is 5.92 Å². The van der Waals surface area contributed by atoms with E-state index < -0.39 is 0 Å². The summed E-state index contributed by atoms with van der Waals surface area (Å²) in [7, 11) is 0. The van der Waals surface area contributed by atoms with E-state index in [9.17, 15) is 0 Å². The van der Waals surface area contributed by atoms with E-state index in [0.717, 1.165) is 18.5 Å². The van der Waals surface area contributed by atoms with Crippen LogP contribution < -0.4 is 0 Å². The predicted octanol–water partition coefficient (Wildman–Crippen LogP) is 3.19. The van der Waals surface area contributed by atoms with Crippen LogP contribution in [0.4, 0.5) is 0 Å². The van der Waals surface area contributed by atoms with E-state index in [4.69, 9.17) is 11.6 Å². The van der Waals surface area contributed by atoms with E-state index in [1.54, 1.807) is 0 Å². The maximum atomic E-state index is 5.85. The van der Waals surface area contributed by atoms with Gasteiger partial charge in [-0.1, -0.05) is 19.1 Å². The number of nitrogens with zero attached hydrogens (tertiary/aromatic N) is 3. The lowest BCUT2D eigenvalue weighted by Crippen LogP contribution is -2.09. The van der Waals surface area contributed by atoms with Crippen LogP contribution in [0.1, 0.15) is 51.5 Å². The lowest BCUT2D eigenvalue weighted by atomic mass is 10.1. The number of hydrogen-bond acceptors (Lipinski definition) is 2. The van der Waals surface area contributed by atoms with Gasteiger partial charge < -0.3 is 0 Å². The molecule has 0 spiro atoms. The number of hydrogen-bond donors (Lipinski definition) is 0. The Morgan fingerprint density at radius 3 is 2.40 bits per heavy atom. The Morgan fingerprint density at radius 1 is 1.27 bits per heavy atom. The molecule has 0 aliphatic heterocycles. The van der Waals surface area contributed by atoms with Crippen molar-refractivity contribution >= 4 is 11.6 Å². The van der Waals surface area contributed by atoms with Gasteiger partial charge in [-0.3, -0.25) is 0 Å². The van der Waals surface area contributed by atoms with Crippen molar-refractivity contribution in [3.63, 3.8) is 0 Å². The molecule has 0 radical (unpaired) electrons. The summed E-state index contributed by atoms with van der Waals surface area (Å²) < 4.78 is 1.99. The highest BCUT2D eigenvalue weighted by atomic mass is 35.5. The second kappa shape index (κ2) is 5.50. The molecule has 0 aliphatic carbocycles. The Hall–Kier alpha value is -0.570. The second-order valence-electron chi connectivity index (χ2n) is 4.59. The summed E-state index contributed by atoms with van der Waals surface area (Å²) in [6.45, 7) is 8.69. The fourth-order valence-electron chi connectivity index (χ4n) is 1.55. The van der Waals surface area contributed by atoms with Crippen LogP contribution in [-0.4, -0.2) is 15.0 Å². The molecule has 1 rings (SSSR count). The molecule has 1 aromatic rings. The zero-order valence-electron chi connectivity index (χ0n) is 10.00. The van der Waals surface area contributed by atoms with Gasteiger partial charge in [0.25, 0.3) is 0 Å². The molecule has 0 atom stereocenters. The van der Waals surface area contributed by atoms with Crippen molar-refractivity contribution in [1.29, 1.82) is 0 Å². The SMILES string of the molecule is CC(C)CCc1c(CCl)nnn1C(C)C. The third-order valence-electron chi connectivity index (χ3n) is 2.45. The number of alkyl halides is 1. The molecule has 0 saturated carbocycles. The lowest BCUT2D eigenvalue weighted by molar-refractivity contribution is 0.478. The predicted molar refractivity (Wildman–Crippen MR) is 63.1 cm³/mol. The monoisotopic (exact) mass is 229 g/mol. The first-order chi connectivity index (χ1) is 7.06. The fraction of sp³-hybridized carbons (Fsp3) is 0.818. The Morgan fingerprint density at radius 2 is 1.93 bits per heavy atom. The first-order valence-electron chi connectivity index (χ1n) is 5.55. The van der Waals surface area contributed by atoms with E-state index >= 15 is 0 Å². The fourth-order valence-corrected chi connectivity index (χ4v) is 1.76. The van der Waals surface area contributed by atoms with Gasteiger partial charge in [0, 0.05) is 6.04 Å². The molecule has 1 heterocycles. The molecule has 0 fully saturated rings. The standard InChI is InChI=1S/C11H20ClN3/c1-8(2)5-6-11-10(7-12)13-14-15(11)9(3)4/h8-9H,5-7H2,1-4H3. The number of rotatable bonds is 5. The molecule has 1 aromatic heterocycles. The van der Waals surface area contributed by atoms with Crippen molar-refractivity contribution in [2.45, 2.75) is 52.5 Å². The van der Waals surface area contributed by atoms with E-state index in [-0.39, 0.29) is 0 Å². The largest absolute Gasteiger partial charge is 0.247 e. The molecule has 4 heteroatoms. The van der Waals surface area contributed by atoms with Crippen molar-refractivity contribution in [2.24, 2.45) is 5.92 Å². The van der Waals surface area contributed by atoms with Crippen LogP contribution in [0.25, 0.3) is 0 Å². The molecule has 0 unspecified atom stereocenters. The highest BCUT2D eigenvalue weighted by Crippen LogP contribution is 2.17. The first kappa shape index (κ1) is 12.5. The molecule has 0 bridgehead atoms. The maximum absolute atomic E-state index is 5.85. The first-order valence-corrected chi connectivity index (χ1v) is 6.08. The van der Waals surface area contributed by atoms with E-state index in [0.29, 0.717) is 17.8 Å². The van der Waals surface area contributed by atoms with Crippen molar-refractivity contribution in [3.05, 3.63) is 11.4 Å². The van der Waals surface area contributed by atoms with E-state index in [1.807, 2.05) is 4.68 Å². The van der Waals surface area contributed by atoms with Gasteiger partial charge in [-0.05, 0) is 32.6 Å². The molecule has 0 N–H and O–H groups in total. The average Bonchev–Trinajstić information content (AvgIpc) is 2.57. The molecule has 0 aliphatic rings. The van der Waals surface area contributed by atoms with Crippen LogP contribution in [-0.2, 0) is 12.3 Å². The summed E-state index contributed by atoms with van der Waals surface area (Å²) in [6.07, 6.45) is 2.18. The van der Waals surface area contributed by atoms with Crippen LogP contribution >= 0.6 is 11.6 Å². The van der Waals surface area contributed by atoms with Gasteiger partial charge in [0.05, 0.1) is 11.6 Å². The van der Waals surface area contributed by atoms with Crippen molar-refractivity contribution in [1.82, 2.24) is 15.0 Å². The van der Waals surface area contributed by atoms with E-state index in [2.05, 4.69) is 38.0 Å². The normalized spacial score (nSPS) is 11.7. The molecule has 3 nitrogen and oxygen atoms in total. The third kappa shape index (κ3) is 3.20. The van der Waals surface area contributed by atoms with Gasteiger partial charge in [0.15, 0.2) is 0 Å². The van der Waals surface area contributed by atoms with Crippen molar-refractivity contribution < 1.29 is 0 Å². The Labute approximate surface area is 96.8 Å². The highest BCUT2D eigenvalue weighted by molar-refractivity contribution is 6.16. The van der Waals surface area contributed by atoms with Gasteiger partial charge in [0.1, 0.15) is 5.69 Å². The molecule has 86 valence electrons. The van der Waals surface area contributed by atoms with Crippen molar-refractivity contribution in [2.75, 3.05) is 0 Å². The van der Waals surface area contributed by atoms with Gasteiger partial charge in [-0.2, -0.15) is 0 Å². The summed E-state index contributed by atoms with van der Waals surface area (Å²) in [6, 6.07) is 0.358. The summed E-state index contributed by atoms with van der Waals surface area (Å²) in [5.74, 6) is 1.16. The molecule has 0 amide bonds. The average molecular weight is 230 g/mol. The van der Waals surface area contributed by atoms with Gasteiger partial charge >= 0.3 is 0 Å². The molecular formula is C11H20ClN3. The zero-order chi connectivity index (χ0) is 11.4. The van der Waals surface area contributed by atoms with Gasteiger partial charge in [-0.15, -0.1) is 16.7 Å². The Balaban J connectivity index is 2.85. The highest BCUT2D eigenvalue weighted by Gasteiger charge is 2.14. The maximum Gasteiger partial charge on any atom is 0.101 e.